The first-order valence-electron chi connectivity index (χ1n) is 6.53. The molecule has 10 heteroatoms. The number of nitrogens with zero attached hydrogens (tertiary/aromatic N) is 1. The molecule has 0 aliphatic carbocycles. The minimum Gasteiger partial charge on any atom is -0.399 e. The molecule has 24 heavy (non-hydrogen) atoms. The maximum Gasteiger partial charge on any atom is 0.294 e. The number of rotatable bonds is 4. The molecule has 0 saturated carbocycles. The van der Waals surface area contributed by atoms with Crippen LogP contribution in [0.5, 0.6) is 0 Å². The number of anilines is 2. The molecule has 0 heterocycles. The smallest absolute Gasteiger partial charge is 0.294 e. The molecule has 2 aromatic carbocycles. The van der Waals surface area contributed by atoms with Gasteiger partial charge in [0.05, 0.1) is 16.2 Å². The number of benzene rings is 2. The molecule has 0 bridgehead atoms. The molecule has 1 amide bonds. The summed E-state index contributed by atoms with van der Waals surface area (Å²) in [7, 11) is -4.68. The summed E-state index contributed by atoms with van der Waals surface area (Å²) in [5.41, 5.74) is 5.51. The maximum absolute atomic E-state index is 12.2. The average Bonchev–Trinajstić information content (AvgIpc) is 2.47. The Morgan fingerprint density at radius 3 is 2.50 bits per heavy atom. The van der Waals surface area contributed by atoms with Gasteiger partial charge >= 0.3 is 0 Å². The molecule has 4 N–H and O–H groups in total. The normalized spacial score (nSPS) is 11.1. The van der Waals surface area contributed by atoms with E-state index in [0.717, 1.165) is 12.1 Å². The topological polar surface area (TPSA) is 153 Å². The summed E-state index contributed by atoms with van der Waals surface area (Å²) in [6.07, 6.45) is 0. The minimum absolute atomic E-state index is 0.0460. The molecular weight excluding hydrogens is 338 g/mol. The molecule has 0 unspecified atom stereocenters. The van der Waals surface area contributed by atoms with Gasteiger partial charge in [-0.05, 0) is 31.2 Å². The molecule has 9 nitrogen and oxygen atoms in total. The largest absolute Gasteiger partial charge is 0.399 e. The number of nitrogen functional groups attached to an aromatic ring is 1. The lowest BCUT2D eigenvalue weighted by molar-refractivity contribution is -0.385. The van der Waals surface area contributed by atoms with Crippen molar-refractivity contribution in [1.82, 2.24) is 0 Å². The van der Waals surface area contributed by atoms with Gasteiger partial charge in [0, 0.05) is 17.3 Å². The molecule has 2 aromatic rings. The minimum atomic E-state index is -4.68. The molecular formula is C14H13N3O6S. The molecule has 0 aliphatic heterocycles. The Morgan fingerprint density at radius 2 is 1.96 bits per heavy atom. The zero-order chi connectivity index (χ0) is 18.1. The number of carbonyl (C=O) groups excluding carboxylic acids is 1. The Bertz CT molecular complexity index is 940. The van der Waals surface area contributed by atoms with E-state index in [4.69, 9.17) is 10.3 Å². The van der Waals surface area contributed by atoms with Crippen molar-refractivity contribution in [2.24, 2.45) is 0 Å². The molecule has 0 aromatic heterocycles. The molecule has 0 aliphatic rings. The standard InChI is InChI=1S/C14H13N3O6S/c1-8-12(16-14(18)9-3-2-4-10(15)5-9)6-11(24(21,22)23)7-13(8)17(19)20/h2-7H,15H2,1H3,(H,16,18)(H,21,22,23). The Hall–Kier alpha value is -2.98. The third-order valence-electron chi connectivity index (χ3n) is 3.25. The fourth-order valence-corrected chi connectivity index (χ4v) is 2.54. The fourth-order valence-electron chi connectivity index (χ4n) is 2.02. The van der Waals surface area contributed by atoms with Crippen molar-refractivity contribution in [3.63, 3.8) is 0 Å². The van der Waals surface area contributed by atoms with Crippen LogP contribution in [-0.2, 0) is 10.1 Å². The van der Waals surface area contributed by atoms with Crippen molar-refractivity contribution in [1.29, 1.82) is 0 Å². The molecule has 2 rings (SSSR count). The molecule has 0 spiro atoms. The third kappa shape index (κ3) is 3.67. The first kappa shape index (κ1) is 17.4. The number of carbonyl (C=O) groups is 1. The van der Waals surface area contributed by atoms with E-state index in [1.54, 1.807) is 12.1 Å². The van der Waals surface area contributed by atoms with Gasteiger partial charge in [-0.3, -0.25) is 19.5 Å². The first-order valence-corrected chi connectivity index (χ1v) is 7.97. The van der Waals surface area contributed by atoms with Crippen LogP contribution in [-0.4, -0.2) is 23.8 Å². The fraction of sp³-hybridized carbons (Fsp3) is 0.0714. The van der Waals surface area contributed by atoms with Gasteiger partial charge in [0.1, 0.15) is 4.90 Å². The predicted octanol–water partition coefficient (Wildman–Crippen LogP) is 1.98. The first-order chi connectivity index (χ1) is 11.1. The van der Waals surface area contributed by atoms with Crippen molar-refractivity contribution in [2.45, 2.75) is 11.8 Å². The van der Waals surface area contributed by atoms with Gasteiger partial charge in [-0.25, -0.2) is 0 Å². The lowest BCUT2D eigenvalue weighted by Crippen LogP contribution is -2.14. The van der Waals surface area contributed by atoms with Gasteiger partial charge in [-0.15, -0.1) is 0 Å². The molecule has 126 valence electrons. The summed E-state index contributed by atoms with van der Waals surface area (Å²) in [4.78, 5) is 21.8. The monoisotopic (exact) mass is 351 g/mol. The van der Waals surface area contributed by atoms with Crippen LogP contribution in [0.4, 0.5) is 17.1 Å². The molecule has 0 atom stereocenters. The lowest BCUT2D eigenvalue weighted by atomic mass is 10.1. The van der Waals surface area contributed by atoms with Crippen molar-refractivity contribution in [2.75, 3.05) is 11.1 Å². The third-order valence-corrected chi connectivity index (χ3v) is 4.08. The molecule has 0 saturated heterocycles. The Kier molecular flexibility index (Phi) is 4.53. The van der Waals surface area contributed by atoms with Crippen LogP contribution in [0.25, 0.3) is 0 Å². The Labute approximate surface area is 137 Å². The van der Waals surface area contributed by atoms with Crippen LogP contribution in [0.15, 0.2) is 41.3 Å². The average molecular weight is 351 g/mol. The van der Waals surface area contributed by atoms with Crippen LogP contribution in [0.1, 0.15) is 15.9 Å². The summed E-state index contributed by atoms with van der Waals surface area (Å²) < 4.78 is 31.7. The molecule has 0 radical (unpaired) electrons. The summed E-state index contributed by atoms with van der Waals surface area (Å²) >= 11 is 0. The number of amides is 1. The van der Waals surface area contributed by atoms with E-state index in [2.05, 4.69) is 5.32 Å². The zero-order valence-corrected chi connectivity index (χ0v) is 13.2. The Morgan fingerprint density at radius 1 is 1.29 bits per heavy atom. The van der Waals surface area contributed by atoms with Crippen LogP contribution >= 0.6 is 0 Å². The quantitative estimate of drug-likeness (QED) is 0.329. The second-order valence-corrected chi connectivity index (χ2v) is 6.35. The number of hydrogen-bond acceptors (Lipinski definition) is 6. The van der Waals surface area contributed by atoms with Gasteiger partial charge < -0.3 is 11.1 Å². The second-order valence-electron chi connectivity index (χ2n) is 4.93. The maximum atomic E-state index is 12.2. The zero-order valence-electron chi connectivity index (χ0n) is 12.4. The van der Waals surface area contributed by atoms with E-state index < -0.39 is 31.5 Å². The van der Waals surface area contributed by atoms with Crippen molar-refractivity contribution < 1.29 is 22.7 Å². The number of nitrogens with two attached hydrogens (primary N) is 1. The van der Waals surface area contributed by atoms with Crippen LogP contribution in [0, 0.1) is 17.0 Å². The van der Waals surface area contributed by atoms with E-state index in [1.807, 2.05) is 0 Å². The van der Waals surface area contributed by atoms with Gasteiger partial charge in [0.2, 0.25) is 0 Å². The summed E-state index contributed by atoms with van der Waals surface area (Å²) in [6, 6.07) is 7.66. The highest BCUT2D eigenvalue weighted by Crippen LogP contribution is 2.30. The highest BCUT2D eigenvalue weighted by molar-refractivity contribution is 7.85. The highest BCUT2D eigenvalue weighted by Gasteiger charge is 2.22. The molecule has 0 fully saturated rings. The SMILES string of the molecule is Cc1c(NC(=O)c2cccc(N)c2)cc(S(=O)(=O)O)cc1[N+](=O)[O-]. The number of nitro benzene ring substituents is 1. The summed E-state index contributed by atoms with van der Waals surface area (Å²) in [5, 5.41) is 13.4. The number of nitro groups is 1. The number of nitrogens with one attached hydrogen (secondary N) is 1. The van der Waals surface area contributed by atoms with E-state index in [-0.39, 0.29) is 16.8 Å². The summed E-state index contributed by atoms with van der Waals surface area (Å²) in [6.45, 7) is 1.35. The van der Waals surface area contributed by atoms with Gasteiger partial charge in [-0.1, -0.05) is 6.07 Å². The number of hydrogen-bond donors (Lipinski definition) is 3. The summed E-state index contributed by atoms with van der Waals surface area (Å²) in [5.74, 6) is -0.632. The van der Waals surface area contributed by atoms with Crippen molar-refractivity contribution in [3.05, 3.63) is 57.6 Å². The Balaban J connectivity index is 2.51. The predicted molar refractivity (Wildman–Crippen MR) is 86.5 cm³/mol. The van der Waals surface area contributed by atoms with Crippen LogP contribution in [0.3, 0.4) is 0 Å². The lowest BCUT2D eigenvalue weighted by Gasteiger charge is -2.11. The van der Waals surface area contributed by atoms with E-state index >= 15 is 0 Å². The second kappa shape index (κ2) is 6.26. The van der Waals surface area contributed by atoms with Crippen LogP contribution < -0.4 is 11.1 Å². The van der Waals surface area contributed by atoms with Gasteiger partial charge in [-0.2, -0.15) is 8.42 Å². The van der Waals surface area contributed by atoms with Crippen molar-refractivity contribution in [3.8, 4) is 0 Å². The van der Waals surface area contributed by atoms with Gasteiger partial charge in [0.25, 0.3) is 21.7 Å². The van der Waals surface area contributed by atoms with E-state index in [1.165, 1.54) is 19.1 Å². The highest BCUT2D eigenvalue weighted by atomic mass is 32.2. The van der Waals surface area contributed by atoms with E-state index in [9.17, 15) is 23.3 Å². The van der Waals surface area contributed by atoms with E-state index in [0.29, 0.717) is 5.69 Å². The van der Waals surface area contributed by atoms with Crippen molar-refractivity contribution >= 4 is 33.1 Å². The van der Waals surface area contributed by atoms with Crippen LogP contribution in [0.2, 0.25) is 0 Å². The van der Waals surface area contributed by atoms with Gasteiger partial charge in [0.15, 0.2) is 0 Å².